The van der Waals surface area contributed by atoms with E-state index in [1.54, 1.807) is 0 Å². The van der Waals surface area contributed by atoms with E-state index >= 15 is 0 Å². The summed E-state index contributed by atoms with van der Waals surface area (Å²) in [7, 11) is 0. The number of thioether (sulfide) groups is 1. The number of hydrogen-bond donors (Lipinski definition) is 0. The largest absolute Gasteiger partial charge is 0.381 e. The summed E-state index contributed by atoms with van der Waals surface area (Å²) in [5.74, 6) is 2.94. The molecule has 0 aliphatic rings. The average Bonchev–Trinajstić information content (AvgIpc) is 2.31. The molecule has 0 fully saturated rings. The van der Waals surface area contributed by atoms with Crippen LogP contribution in [0.4, 0.5) is 0 Å². The predicted octanol–water partition coefficient (Wildman–Crippen LogP) is 3.98. The van der Waals surface area contributed by atoms with Crippen LogP contribution in [0.25, 0.3) is 0 Å². The van der Waals surface area contributed by atoms with Crippen molar-refractivity contribution < 1.29 is 4.74 Å². The average molecular weight is 238 g/mol. The minimum Gasteiger partial charge on any atom is -0.381 e. The topological polar surface area (TPSA) is 9.23 Å². The van der Waals surface area contributed by atoms with Crippen molar-refractivity contribution in [2.75, 3.05) is 19.0 Å². The molecule has 0 bridgehead atoms. The summed E-state index contributed by atoms with van der Waals surface area (Å²) in [4.78, 5) is 0. The fourth-order valence-electron chi connectivity index (χ4n) is 1.43. The molecule has 0 radical (unpaired) electrons. The maximum Gasteiger partial charge on any atom is 0.0499 e. The number of rotatable bonds is 8. The van der Waals surface area contributed by atoms with Crippen molar-refractivity contribution in [3.8, 4) is 0 Å². The summed E-state index contributed by atoms with van der Waals surface area (Å²) < 4.78 is 5.53. The quantitative estimate of drug-likeness (QED) is 0.633. The van der Waals surface area contributed by atoms with Crippen molar-refractivity contribution >= 4 is 11.8 Å². The van der Waals surface area contributed by atoms with Gasteiger partial charge in [0.1, 0.15) is 0 Å². The highest BCUT2D eigenvalue weighted by atomic mass is 32.2. The first-order chi connectivity index (χ1) is 7.83. The molecule has 1 aromatic carbocycles. The van der Waals surface area contributed by atoms with Gasteiger partial charge in [0, 0.05) is 19.0 Å². The first-order valence-electron chi connectivity index (χ1n) is 6.02. The molecule has 0 aliphatic heterocycles. The molecular formula is C14H22OS. The van der Waals surface area contributed by atoms with Crippen LogP contribution >= 0.6 is 11.8 Å². The first-order valence-corrected chi connectivity index (χ1v) is 7.17. The van der Waals surface area contributed by atoms with Crippen molar-refractivity contribution in [3.05, 3.63) is 35.9 Å². The van der Waals surface area contributed by atoms with Crippen LogP contribution in [0.15, 0.2) is 30.3 Å². The van der Waals surface area contributed by atoms with Crippen LogP contribution in [0.3, 0.4) is 0 Å². The Hall–Kier alpha value is -0.470. The molecule has 0 spiro atoms. The highest BCUT2D eigenvalue weighted by Gasteiger charge is 2.02. The number of hydrogen-bond acceptors (Lipinski definition) is 2. The molecular weight excluding hydrogens is 216 g/mol. The predicted molar refractivity (Wildman–Crippen MR) is 72.9 cm³/mol. The van der Waals surface area contributed by atoms with Gasteiger partial charge in [-0.15, -0.1) is 0 Å². The number of benzene rings is 1. The normalized spacial score (nSPS) is 12.6. The van der Waals surface area contributed by atoms with Crippen LogP contribution in [0, 0.1) is 5.92 Å². The minimum absolute atomic E-state index is 0.653. The molecule has 0 saturated carbocycles. The van der Waals surface area contributed by atoms with Gasteiger partial charge in [0.2, 0.25) is 0 Å². The Morgan fingerprint density at radius 3 is 2.69 bits per heavy atom. The molecule has 1 rings (SSSR count). The van der Waals surface area contributed by atoms with E-state index in [4.69, 9.17) is 4.74 Å². The lowest BCUT2D eigenvalue weighted by atomic mass is 10.2. The van der Waals surface area contributed by atoms with Crippen molar-refractivity contribution in [2.24, 2.45) is 5.92 Å². The summed E-state index contributed by atoms with van der Waals surface area (Å²) in [5.41, 5.74) is 1.41. The zero-order valence-electron chi connectivity index (χ0n) is 10.3. The van der Waals surface area contributed by atoms with E-state index in [0.717, 1.165) is 25.4 Å². The molecule has 1 unspecified atom stereocenters. The highest BCUT2D eigenvalue weighted by Crippen LogP contribution is 2.15. The summed E-state index contributed by atoms with van der Waals surface area (Å²) in [6.45, 7) is 6.20. The molecule has 1 nitrogen and oxygen atoms in total. The highest BCUT2D eigenvalue weighted by molar-refractivity contribution is 7.98. The van der Waals surface area contributed by atoms with Crippen molar-refractivity contribution in [2.45, 2.75) is 26.0 Å². The van der Waals surface area contributed by atoms with Crippen LogP contribution in [0.1, 0.15) is 25.8 Å². The van der Waals surface area contributed by atoms with Crippen LogP contribution in [0.5, 0.6) is 0 Å². The molecule has 0 heterocycles. The van der Waals surface area contributed by atoms with Gasteiger partial charge in [0.05, 0.1) is 0 Å². The Labute approximate surface area is 104 Å². The molecule has 1 atom stereocenters. The second-order valence-corrected chi connectivity index (χ2v) is 5.21. The van der Waals surface area contributed by atoms with Gasteiger partial charge in [0.15, 0.2) is 0 Å². The molecule has 0 saturated heterocycles. The molecule has 0 aliphatic carbocycles. The summed E-state index contributed by atoms with van der Waals surface area (Å²) >= 11 is 1.99. The van der Waals surface area contributed by atoms with E-state index in [-0.39, 0.29) is 0 Å². The molecule has 1 aromatic rings. The lowest BCUT2D eigenvalue weighted by Crippen LogP contribution is -2.09. The summed E-state index contributed by atoms with van der Waals surface area (Å²) in [6.07, 6.45) is 1.11. The molecule has 16 heavy (non-hydrogen) atoms. The number of ether oxygens (including phenoxy) is 1. The second-order valence-electron chi connectivity index (χ2n) is 4.18. The SMILES string of the molecule is CCCOCC(C)CSCc1ccccc1. The first kappa shape index (κ1) is 13.6. The molecule has 2 heteroatoms. The van der Waals surface area contributed by atoms with Crippen molar-refractivity contribution in [1.82, 2.24) is 0 Å². The summed E-state index contributed by atoms with van der Waals surface area (Å²) in [5, 5.41) is 0. The van der Waals surface area contributed by atoms with Gasteiger partial charge in [0.25, 0.3) is 0 Å². The smallest absolute Gasteiger partial charge is 0.0499 e. The molecule has 90 valence electrons. The van der Waals surface area contributed by atoms with E-state index < -0.39 is 0 Å². The Balaban J connectivity index is 2.06. The van der Waals surface area contributed by atoms with Crippen LogP contribution in [-0.2, 0) is 10.5 Å². The summed E-state index contributed by atoms with van der Waals surface area (Å²) in [6, 6.07) is 10.6. The lowest BCUT2D eigenvalue weighted by Gasteiger charge is -2.11. The van der Waals surface area contributed by atoms with Gasteiger partial charge in [-0.1, -0.05) is 44.2 Å². The van der Waals surface area contributed by atoms with Crippen molar-refractivity contribution in [3.63, 3.8) is 0 Å². The van der Waals surface area contributed by atoms with Gasteiger partial charge in [-0.05, 0) is 23.7 Å². The Kier molecular flexibility index (Phi) is 7.35. The van der Waals surface area contributed by atoms with Crippen LogP contribution in [0.2, 0.25) is 0 Å². The Bertz CT molecular complexity index is 261. The van der Waals surface area contributed by atoms with Crippen LogP contribution < -0.4 is 0 Å². The van der Waals surface area contributed by atoms with Gasteiger partial charge < -0.3 is 4.74 Å². The second kappa shape index (κ2) is 8.66. The maximum absolute atomic E-state index is 5.53. The zero-order valence-corrected chi connectivity index (χ0v) is 11.1. The van der Waals surface area contributed by atoms with E-state index in [2.05, 4.69) is 44.2 Å². The Morgan fingerprint density at radius 2 is 2.00 bits per heavy atom. The van der Waals surface area contributed by atoms with Gasteiger partial charge >= 0.3 is 0 Å². The van der Waals surface area contributed by atoms with E-state index in [1.807, 2.05) is 11.8 Å². The van der Waals surface area contributed by atoms with Crippen molar-refractivity contribution in [1.29, 1.82) is 0 Å². The van der Waals surface area contributed by atoms with Crippen LogP contribution in [-0.4, -0.2) is 19.0 Å². The maximum atomic E-state index is 5.53. The van der Waals surface area contributed by atoms with E-state index in [0.29, 0.717) is 5.92 Å². The van der Waals surface area contributed by atoms with E-state index in [1.165, 1.54) is 11.3 Å². The van der Waals surface area contributed by atoms with E-state index in [9.17, 15) is 0 Å². The third-order valence-corrected chi connectivity index (χ3v) is 3.61. The zero-order chi connectivity index (χ0) is 11.6. The standard InChI is InChI=1S/C14H22OS/c1-3-9-15-10-13(2)11-16-12-14-7-5-4-6-8-14/h4-8,13H,3,9-12H2,1-2H3. The monoisotopic (exact) mass is 238 g/mol. The Morgan fingerprint density at radius 1 is 1.25 bits per heavy atom. The third-order valence-electron chi connectivity index (χ3n) is 2.26. The van der Waals surface area contributed by atoms with Gasteiger partial charge in [-0.2, -0.15) is 11.8 Å². The van der Waals surface area contributed by atoms with Gasteiger partial charge in [-0.3, -0.25) is 0 Å². The van der Waals surface area contributed by atoms with Gasteiger partial charge in [-0.25, -0.2) is 0 Å². The third kappa shape index (κ3) is 6.19. The molecule has 0 amide bonds. The fourth-order valence-corrected chi connectivity index (χ4v) is 2.47. The minimum atomic E-state index is 0.653. The fraction of sp³-hybridized carbons (Fsp3) is 0.571. The molecule has 0 N–H and O–H groups in total. The lowest BCUT2D eigenvalue weighted by molar-refractivity contribution is 0.112. The molecule has 0 aromatic heterocycles.